The number of likely N-dealkylation sites (tertiary alicyclic amines) is 1. The van der Waals surface area contributed by atoms with Crippen LogP contribution in [0.2, 0.25) is 5.02 Å². The molecular weight excluding hydrogens is 416 g/mol. The Hall–Kier alpha value is -2.02. The van der Waals surface area contributed by atoms with Crippen LogP contribution in [0.4, 0.5) is 0 Å². The lowest BCUT2D eigenvalue weighted by molar-refractivity contribution is 0.210. The van der Waals surface area contributed by atoms with E-state index in [0.29, 0.717) is 5.92 Å². The Bertz CT molecular complexity index is 1030. The van der Waals surface area contributed by atoms with E-state index in [9.17, 15) is 0 Å². The van der Waals surface area contributed by atoms with Crippen LogP contribution in [0.3, 0.4) is 0 Å². The first kappa shape index (κ1) is 19.9. The molecule has 5 rings (SSSR count). The van der Waals surface area contributed by atoms with Crippen LogP contribution in [0.25, 0.3) is 11.4 Å². The highest BCUT2D eigenvalue weighted by Crippen LogP contribution is 2.41. The standard InChI is InChI=1S/C23H25ClN4OS/c1-29-19-6-7-21-20(14-19)23-26-25-22(28(23)15-30-21)17-9-12-27(13-10-17)11-8-16-2-4-18(24)5-3-16/h2-7,14,17H,8-13,15H2,1H3. The maximum atomic E-state index is 5.99. The molecule has 7 heteroatoms. The summed E-state index contributed by atoms with van der Waals surface area (Å²) in [6.45, 7) is 3.31. The number of methoxy groups -OCH3 is 1. The van der Waals surface area contributed by atoms with Gasteiger partial charge in [0, 0.05) is 27.9 Å². The molecular formula is C23H25ClN4OS. The summed E-state index contributed by atoms with van der Waals surface area (Å²) in [5, 5.41) is 10.0. The summed E-state index contributed by atoms with van der Waals surface area (Å²) in [6, 6.07) is 14.4. The number of hydrogen-bond acceptors (Lipinski definition) is 5. The summed E-state index contributed by atoms with van der Waals surface area (Å²) in [7, 11) is 1.70. The normalized spacial score (nSPS) is 16.9. The van der Waals surface area contributed by atoms with E-state index in [1.54, 1.807) is 7.11 Å². The summed E-state index contributed by atoms with van der Waals surface area (Å²) >= 11 is 7.84. The first-order chi connectivity index (χ1) is 14.7. The van der Waals surface area contributed by atoms with E-state index >= 15 is 0 Å². The maximum Gasteiger partial charge on any atom is 0.166 e. The predicted molar refractivity (Wildman–Crippen MR) is 121 cm³/mol. The van der Waals surface area contributed by atoms with E-state index in [2.05, 4.69) is 43.9 Å². The van der Waals surface area contributed by atoms with Gasteiger partial charge < -0.3 is 14.2 Å². The average Bonchev–Trinajstić information content (AvgIpc) is 3.23. The predicted octanol–water partition coefficient (Wildman–Crippen LogP) is 5.09. The van der Waals surface area contributed by atoms with Gasteiger partial charge in [0.05, 0.1) is 13.0 Å². The topological polar surface area (TPSA) is 43.2 Å². The van der Waals surface area contributed by atoms with Gasteiger partial charge in [0.25, 0.3) is 0 Å². The molecule has 2 aromatic carbocycles. The first-order valence-electron chi connectivity index (χ1n) is 10.4. The van der Waals surface area contributed by atoms with Crippen LogP contribution in [0.1, 0.15) is 30.1 Å². The molecule has 0 amide bonds. The number of piperidine rings is 1. The third kappa shape index (κ3) is 3.96. The fraction of sp³-hybridized carbons (Fsp3) is 0.391. The Morgan fingerprint density at radius 2 is 1.90 bits per heavy atom. The summed E-state index contributed by atoms with van der Waals surface area (Å²) in [5.74, 6) is 4.34. The molecule has 0 bridgehead atoms. The minimum absolute atomic E-state index is 0.478. The number of halogens is 1. The van der Waals surface area contributed by atoms with Crippen molar-refractivity contribution < 1.29 is 4.74 Å². The molecule has 2 aliphatic heterocycles. The van der Waals surface area contributed by atoms with Crippen LogP contribution >= 0.6 is 23.4 Å². The number of nitrogens with zero attached hydrogens (tertiary/aromatic N) is 4. The smallest absolute Gasteiger partial charge is 0.166 e. The van der Waals surface area contributed by atoms with Gasteiger partial charge in [-0.3, -0.25) is 0 Å². The van der Waals surface area contributed by atoms with Gasteiger partial charge in [-0.05, 0) is 68.2 Å². The van der Waals surface area contributed by atoms with Crippen LogP contribution in [-0.2, 0) is 12.3 Å². The van der Waals surface area contributed by atoms with Gasteiger partial charge in [0.2, 0.25) is 0 Å². The molecule has 0 atom stereocenters. The number of rotatable bonds is 5. The van der Waals surface area contributed by atoms with Gasteiger partial charge in [-0.1, -0.05) is 23.7 Å². The molecule has 1 fully saturated rings. The summed E-state index contributed by atoms with van der Waals surface area (Å²) in [5.41, 5.74) is 2.48. The third-order valence-electron chi connectivity index (χ3n) is 6.14. The Kier molecular flexibility index (Phi) is 5.72. The molecule has 3 aromatic rings. The SMILES string of the molecule is COc1ccc2c(c1)-c1nnc(C3CCN(CCc4ccc(Cl)cc4)CC3)n1CS2. The molecule has 0 spiro atoms. The van der Waals surface area contributed by atoms with Gasteiger partial charge >= 0.3 is 0 Å². The van der Waals surface area contributed by atoms with Crippen LogP contribution in [0.15, 0.2) is 47.4 Å². The van der Waals surface area contributed by atoms with E-state index in [1.807, 2.05) is 30.0 Å². The maximum absolute atomic E-state index is 5.99. The minimum Gasteiger partial charge on any atom is -0.497 e. The third-order valence-corrected chi connectivity index (χ3v) is 7.45. The van der Waals surface area contributed by atoms with E-state index < -0.39 is 0 Å². The molecule has 0 aliphatic carbocycles. The number of hydrogen-bond donors (Lipinski definition) is 0. The monoisotopic (exact) mass is 440 g/mol. The molecule has 5 nitrogen and oxygen atoms in total. The van der Waals surface area contributed by atoms with Crippen molar-refractivity contribution in [2.75, 3.05) is 26.7 Å². The van der Waals surface area contributed by atoms with Crippen LogP contribution in [-0.4, -0.2) is 46.4 Å². The molecule has 30 heavy (non-hydrogen) atoms. The largest absolute Gasteiger partial charge is 0.497 e. The van der Waals surface area contributed by atoms with Crippen molar-refractivity contribution in [3.8, 4) is 17.1 Å². The zero-order chi connectivity index (χ0) is 20.5. The Labute approximate surface area is 186 Å². The fourth-order valence-electron chi connectivity index (χ4n) is 4.37. The van der Waals surface area contributed by atoms with Crippen molar-refractivity contribution in [1.82, 2.24) is 19.7 Å². The van der Waals surface area contributed by atoms with Crippen LogP contribution < -0.4 is 4.74 Å². The second-order valence-electron chi connectivity index (χ2n) is 7.94. The van der Waals surface area contributed by atoms with Crippen molar-refractivity contribution in [3.05, 3.63) is 58.9 Å². The van der Waals surface area contributed by atoms with Gasteiger partial charge in [-0.2, -0.15) is 0 Å². The summed E-state index contributed by atoms with van der Waals surface area (Å²) in [6.07, 6.45) is 3.33. The van der Waals surface area contributed by atoms with Crippen molar-refractivity contribution in [1.29, 1.82) is 0 Å². The van der Waals surface area contributed by atoms with Gasteiger partial charge in [0.15, 0.2) is 5.82 Å². The highest BCUT2D eigenvalue weighted by molar-refractivity contribution is 7.98. The minimum atomic E-state index is 0.478. The van der Waals surface area contributed by atoms with E-state index in [0.717, 1.165) is 72.8 Å². The zero-order valence-electron chi connectivity index (χ0n) is 17.1. The first-order valence-corrected chi connectivity index (χ1v) is 11.8. The van der Waals surface area contributed by atoms with E-state index in [4.69, 9.17) is 16.3 Å². The Morgan fingerprint density at radius 1 is 1.10 bits per heavy atom. The van der Waals surface area contributed by atoms with Crippen molar-refractivity contribution >= 4 is 23.4 Å². The van der Waals surface area contributed by atoms with Gasteiger partial charge in [-0.25, -0.2) is 0 Å². The quantitative estimate of drug-likeness (QED) is 0.552. The molecule has 1 aromatic heterocycles. The number of aromatic nitrogens is 3. The summed E-state index contributed by atoms with van der Waals surface area (Å²) in [4.78, 5) is 3.81. The lowest BCUT2D eigenvalue weighted by Gasteiger charge is -2.32. The molecule has 0 radical (unpaired) electrons. The van der Waals surface area contributed by atoms with E-state index in [-0.39, 0.29) is 0 Å². The van der Waals surface area contributed by atoms with Crippen LogP contribution in [0, 0.1) is 0 Å². The molecule has 0 saturated carbocycles. The van der Waals surface area contributed by atoms with E-state index in [1.165, 1.54) is 10.5 Å². The summed E-state index contributed by atoms with van der Waals surface area (Å²) < 4.78 is 7.72. The molecule has 156 valence electrons. The zero-order valence-corrected chi connectivity index (χ0v) is 18.6. The molecule has 1 saturated heterocycles. The lowest BCUT2D eigenvalue weighted by Crippen LogP contribution is -2.35. The average molecular weight is 441 g/mol. The van der Waals surface area contributed by atoms with Crippen molar-refractivity contribution in [3.63, 3.8) is 0 Å². The Balaban J connectivity index is 1.24. The molecule has 3 heterocycles. The second-order valence-corrected chi connectivity index (χ2v) is 9.36. The second kappa shape index (κ2) is 8.61. The number of ether oxygens (including phenoxy) is 1. The highest BCUT2D eigenvalue weighted by atomic mass is 35.5. The van der Waals surface area contributed by atoms with Gasteiger partial charge in [-0.15, -0.1) is 22.0 Å². The molecule has 0 unspecified atom stereocenters. The fourth-order valence-corrected chi connectivity index (χ4v) is 5.49. The number of fused-ring (bicyclic) bond motifs is 3. The molecule has 0 N–H and O–H groups in total. The van der Waals surface area contributed by atoms with Crippen LogP contribution in [0.5, 0.6) is 5.75 Å². The lowest BCUT2D eigenvalue weighted by atomic mass is 9.95. The Morgan fingerprint density at radius 3 is 2.67 bits per heavy atom. The molecule has 2 aliphatic rings. The number of thioether (sulfide) groups is 1. The highest BCUT2D eigenvalue weighted by Gasteiger charge is 2.29. The van der Waals surface area contributed by atoms with Crippen molar-refractivity contribution in [2.45, 2.75) is 36.0 Å². The number of benzene rings is 2. The van der Waals surface area contributed by atoms with Crippen molar-refractivity contribution in [2.24, 2.45) is 0 Å². The van der Waals surface area contributed by atoms with Gasteiger partial charge in [0.1, 0.15) is 11.6 Å².